The van der Waals surface area contributed by atoms with E-state index in [2.05, 4.69) is 0 Å². The Kier molecular flexibility index (Phi) is 3.05. The second-order valence-corrected chi connectivity index (χ2v) is 3.09. The van der Waals surface area contributed by atoms with Crippen molar-refractivity contribution in [3.05, 3.63) is 0 Å². The predicted octanol–water partition coefficient (Wildman–Crippen LogP) is -0.352. The van der Waals surface area contributed by atoms with Crippen molar-refractivity contribution in [1.82, 2.24) is 0 Å². The molecule has 1 aliphatic carbocycles. The van der Waals surface area contributed by atoms with Crippen LogP contribution in [0.4, 0.5) is 0 Å². The van der Waals surface area contributed by atoms with E-state index >= 15 is 0 Å². The number of carbonyl (C=O) groups excluding carboxylic acids is 1. The van der Waals surface area contributed by atoms with Crippen molar-refractivity contribution < 1.29 is 14.6 Å². The van der Waals surface area contributed by atoms with Gasteiger partial charge >= 0.3 is 5.97 Å². The molecule has 4 nitrogen and oxygen atoms in total. The molecule has 70 valence electrons. The number of aliphatic hydroxyl groups excluding tert-OH is 1. The summed E-state index contributed by atoms with van der Waals surface area (Å²) in [6.45, 7) is 2.11. The minimum absolute atomic E-state index is 0.264. The van der Waals surface area contributed by atoms with E-state index in [1.165, 1.54) is 0 Å². The van der Waals surface area contributed by atoms with Gasteiger partial charge in [-0.25, -0.2) is 0 Å². The number of nitrogens with two attached hydrogens (primary N) is 1. The molecule has 1 fully saturated rings. The summed E-state index contributed by atoms with van der Waals surface area (Å²) in [6, 6.07) is -0.264. The molecule has 1 saturated carbocycles. The van der Waals surface area contributed by atoms with Crippen LogP contribution in [0.15, 0.2) is 0 Å². The number of aliphatic hydroxyl groups is 1. The van der Waals surface area contributed by atoms with Gasteiger partial charge in [-0.1, -0.05) is 0 Å². The average molecular weight is 173 g/mol. The zero-order chi connectivity index (χ0) is 9.14. The van der Waals surface area contributed by atoms with Gasteiger partial charge in [0.05, 0.1) is 18.6 Å². The fourth-order valence-corrected chi connectivity index (χ4v) is 1.52. The third-order valence-corrected chi connectivity index (χ3v) is 2.25. The monoisotopic (exact) mass is 173 g/mol. The van der Waals surface area contributed by atoms with Gasteiger partial charge in [-0.2, -0.15) is 0 Å². The fourth-order valence-electron chi connectivity index (χ4n) is 1.52. The van der Waals surface area contributed by atoms with Crippen molar-refractivity contribution >= 4 is 5.97 Å². The Bertz CT molecular complexity index is 172. The summed E-state index contributed by atoms with van der Waals surface area (Å²) in [5.41, 5.74) is 5.54. The molecule has 3 unspecified atom stereocenters. The molecule has 3 atom stereocenters. The molecule has 0 radical (unpaired) electrons. The Balaban J connectivity index is 2.47. The third kappa shape index (κ3) is 1.76. The summed E-state index contributed by atoms with van der Waals surface area (Å²) in [7, 11) is 0. The van der Waals surface area contributed by atoms with Crippen LogP contribution in [0.25, 0.3) is 0 Å². The second-order valence-electron chi connectivity index (χ2n) is 3.09. The topological polar surface area (TPSA) is 72.5 Å². The Hall–Kier alpha value is -0.610. The van der Waals surface area contributed by atoms with Crippen molar-refractivity contribution in [2.75, 3.05) is 6.61 Å². The maximum Gasteiger partial charge on any atom is 0.311 e. The molecule has 0 aromatic carbocycles. The molecule has 1 aliphatic rings. The number of hydrogen-bond donors (Lipinski definition) is 2. The van der Waals surface area contributed by atoms with E-state index in [9.17, 15) is 9.90 Å². The summed E-state index contributed by atoms with van der Waals surface area (Å²) >= 11 is 0. The number of hydrogen-bond acceptors (Lipinski definition) is 4. The Morgan fingerprint density at radius 2 is 2.33 bits per heavy atom. The lowest BCUT2D eigenvalue weighted by atomic mass is 10.1. The lowest BCUT2D eigenvalue weighted by molar-refractivity contribution is -0.151. The number of esters is 1. The molecular weight excluding hydrogens is 158 g/mol. The third-order valence-electron chi connectivity index (χ3n) is 2.25. The first kappa shape index (κ1) is 9.48. The van der Waals surface area contributed by atoms with Crippen LogP contribution >= 0.6 is 0 Å². The van der Waals surface area contributed by atoms with E-state index < -0.39 is 12.0 Å². The summed E-state index contributed by atoms with van der Waals surface area (Å²) in [5, 5.41) is 9.43. The Labute approximate surface area is 71.7 Å². The van der Waals surface area contributed by atoms with Gasteiger partial charge < -0.3 is 15.6 Å². The quantitative estimate of drug-likeness (QED) is 0.560. The van der Waals surface area contributed by atoms with E-state index in [0.717, 1.165) is 0 Å². The molecule has 0 amide bonds. The van der Waals surface area contributed by atoms with Crippen LogP contribution in [0.1, 0.15) is 19.8 Å². The van der Waals surface area contributed by atoms with Crippen molar-refractivity contribution in [2.24, 2.45) is 11.7 Å². The highest BCUT2D eigenvalue weighted by Gasteiger charge is 2.37. The van der Waals surface area contributed by atoms with Gasteiger partial charge in [0.2, 0.25) is 0 Å². The van der Waals surface area contributed by atoms with Crippen LogP contribution in [0.3, 0.4) is 0 Å². The van der Waals surface area contributed by atoms with Gasteiger partial charge in [0.25, 0.3) is 0 Å². The smallest absolute Gasteiger partial charge is 0.311 e. The van der Waals surface area contributed by atoms with Crippen LogP contribution < -0.4 is 5.73 Å². The Morgan fingerprint density at radius 3 is 2.75 bits per heavy atom. The molecule has 0 aliphatic heterocycles. The van der Waals surface area contributed by atoms with Crippen molar-refractivity contribution in [3.63, 3.8) is 0 Å². The molecule has 0 bridgehead atoms. The molecule has 4 heteroatoms. The second kappa shape index (κ2) is 3.87. The van der Waals surface area contributed by atoms with Gasteiger partial charge in [-0.05, 0) is 19.8 Å². The van der Waals surface area contributed by atoms with E-state index in [4.69, 9.17) is 10.5 Å². The minimum atomic E-state index is -0.718. The van der Waals surface area contributed by atoms with E-state index in [-0.39, 0.29) is 12.0 Å². The molecule has 12 heavy (non-hydrogen) atoms. The fraction of sp³-hybridized carbons (Fsp3) is 0.875. The predicted molar refractivity (Wildman–Crippen MR) is 43.3 cm³/mol. The molecule has 0 spiro atoms. The normalized spacial score (nSPS) is 35.1. The first-order chi connectivity index (χ1) is 5.66. The highest BCUT2D eigenvalue weighted by Crippen LogP contribution is 2.25. The van der Waals surface area contributed by atoms with Crippen LogP contribution in [-0.2, 0) is 9.53 Å². The standard InChI is InChI=1S/C8H15NO3/c1-2-12-8(11)5-3-4-6(9)7(5)10/h5-7,10H,2-4,9H2,1H3. The maximum atomic E-state index is 11.2. The molecule has 1 rings (SSSR count). The number of rotatable bonds is 2. The van der Waals surface area contributed by atoms with E-state index in [0.29, 0.717) is 19.4 Å². The summed E-state index contributed by atoms with van der Waals surface area (Å²) < 4.78 is 4.79. The highest BCUT2D eigenvalue weighted by molar-refractivity contribution is 5.73. The summed E-state index contributed by atoms with van der Waals surface area (Å²) in [6.07, 6.45) is 0.621. The summed E-state index contributed by atoms with van der Waals surface area (Å²) in [4.78, 5) is 11.2. The maximum absolute atomic E-state index is 11.2. The van der Waals surface area contributed by atoms with Crippen molar-refractivity contribution in [2.45, 2.75) is 31.9 Å². The largest absolute Gasteiger partial charge is 0.466 e. The van der Waals surface area contributed by atoms with Crippen LogP contribution in [0.2, 0.25) is 0 Å². The van der Waals surface area contributed by atoms with E-state index in [1.54, 1.807) is 6.92 Å². The molecule has 0 saturated heterocycles. The lowest BCUT2D eigenvalue weighted by Gasteiger charge is -2.14. The van der Waals surface area contributed by atoms with Crippen molar-refractivity contribution in [3.8, 4) is 0 Å². The van der Waals surface area contributed by atoms with Crippen LogP contribution in [0.5, 0.6) is 0 Å². The van der Waals surface area contributed by atoms with Gasteiger partial charge in [0, 0.05) is 6.04 Å². The SMILES string of the molecule is CCOC(=O)C1CCC(N)C1O. The van der Waals surface area contributed by atoms with Crippen molar-refractivity contribution in [1.29, 1.82) is 0 Å². The molecular formula is C8H15NO3. The van der Waals surface area contributed by atoms with Crippen LogP contribution in [0, 0.1) is 5.92 Å². The average Bonchev–Trinajstić information content (AvgIpc) is 2.34. The first-order valence-corrected chi connectivity index (χ1v) is 4.27. The zero-order valence-corrected chi connectivity index (χ0v) is 7.19. The molecule has 0 aromatic rings. The lowest BCUT2D eigenvalue weighted by Crippen LogP contribution is -2.36. The number of carbonyl (C=O) groups is 1. The summed E-state index contributed by atoms with van der Waals surface area (Å²) in [5.74, 6) is -0.724. The number of ether oxygens (including phenoxy) is 1. The zero-order valence-electron chi connectivity index (χ0n) is 7.19. The minimum Gasteiger partial charge on any atom is -0.466 e. The van der Waals surface area contributed by atoms with Gasteiger partial charge in [-0.15, -0.1) is 0 Å². The van der Waals surface area contributed by atoms with Gasteiger partial charge in [0.15, 0.2) is 0 Å². The van der Waals surface area contributed by atoms with Gasteiger partial charge in [0.1, 0.15) is 0 Å². The first-order valence-electron chi connectivity index (χ1n) is 4.27. The van der Waals surface area contributed by atoms with Gasteiger partial charge in [-0.3, -0.25) is 4.79 Å². The van der Waals surface area contributed by atoms with Crippen LogP contribution in [-0.4, -0.2) is 29.8 Å². The molecule has 0 aromatic heterocycles. The molecule has 0 heterocycles. The Morgan fingerprint density at radius 1 is 1.67 bits per heavy atom. The van der Waals surface area contributed by atoms with E-state index in [1.807, 2.05) is 0 Å². The highest BCUT2D eigenvalue weighted by atomic mass is 16.5. The molecule has 3 N–H and O–H groups in total.